The van der Waals surface area contributed by atoms with E-state index in [0.717, 1.165) is 21.6 Å². The summed E-state index contributed by atoms with van der Waals surface area (Å²) in [6.45, 7) is 7.61. The van der Waals surface area contributed by atoms with Crippen molar-refractivity contribution in [2.45, 2.75) is 58.1 Å². The molecule has 0 aliphatic carbocycles. The van der Waals surface area contributed by atoms with Crippen LogP contribution in [-0.4, -0.2) is 30.8 Å². The first-order valence-corrected chi connectivity index (χ1v) is 12.8. The van der Waals surface area contributed by atoms with E-state index in [9.17, 15) is 4.79 Å². The summed E-state index contributed by atoms with van der Waals surface area (Å²) in [4.78, 5) is 14.1. The molecule has 0 saturated heterocycles. The number of carbonyl (C=O) groups is 1. The van der Waals surface area contributed by atoms with Crippen LogP contribution in [0.15, 0.2) is 60.7 Å². The van der Waals surface area contributed by atoms with Gasteiger partial charge < -0.3 is 25.3 Å². The Kier molecular flexibility index (Phi) is 8.23. The zero-order chi connectivity index (χ0) is 24.8. The minimum absolute atomic E-state index is 0.0201. The second-order valence-corrected chi connectivity index (χ2v) is 10.9. The van der Waals surface area contributed by atoms with Crippen LogP contribution in [0, 0.1) is 0 Å². The summed E-state index contributed by atoms with van der Waals surface area (Å²) in [5, 5.41) is 4.15. The number of carbonyl (C=O) groups excluding carboxylic acids is 1. The van der Waals surface area contributed by atoms with Crippen LogP contribution in [0.5, 0.6) is 0 Å². The van der Waals surface area contributed by atoms with Crippen molar-refractivity contribution < 1.29 is 19.0 Å². The first-order valence-electron chi connectivity index (χ1n) is 11.9. The van der Waals surface area contributed by atoms with Crippen LogP contribution in [0.3, 0.4) is 0 Å². The Morgan fingerprint density at radius 3 is 2.11 bits per heavy atom. The number of fused-ring (bicyclic) bond motifs is 1. The van der Waals surface area contributed by atoms with Crippen molar-refractivity contribution in [1.29, 1.82) is 0 Å². The lowest BCUT2D eigenvalue weighted by Crippen LogP contribution is -2.44. The maximum absolute atomic E-state index is 13.0. The van der Waals surface area contributed by atoms with E-state index >= 15 is 0 Å². The maximum atomic E-state index is 13.0. The molecule has 35 heavy (non-hydrogen) atoms. The number of thiophene rings is 1. The monoisotopic (exact) mass is 494 g/mol. The molecule has 0 fully saturated rings. The number of ether oxygens (including phenoxy) is 3. The SMILES string of the molecule is CC(C)(C)OC(=O)c1c(N)sc2c1C[C@H](COCc1ccccc1)N[C@@H]2COCc1ccccc1. The van der Waals surface area contributed by atoms with Crippen molar-refractivity contribution >= 4 is 22.3 Å². The molecule has 2 aromatic carbocycles. The van der Waals surface area contributed by atoms with E-state index < -0.39 is 5.60 Å². The van der Waals surface area contributed by atoms with Gasteiger partial charge in [0.2, 0.25) is 0 Å². The quantitative estimate of drug-likeness (QED) is 0.394. The Bertz CT molecular complexity index is 1110. The summed E-state index contributed by atoms with van der Waals surface area (Å²) in [5.41, 5.74) is 9.44. The highest BCUT2D eigenvalue weighted by molar-refractivity contribution is 7.16. The Hall–Kier alpha value is -2.71. The predicted octanol–water partition coefficient (Wildman–Crippen LogP) is 5.27. The van der Waals surface area contributed by atoms with Gasteiger partial charge >= 0.3 is 5.97 Å². The van der Waals surface area contributed by atoms with Crippen LogP contribution >= 0.6 is 11.3 Å². The predicted molar refractivity (Wildman–Crippen MR) is 139 cm³/mol. The number of nitrogens with two attached hydrogens (primary N) is 1. The van der Waals surface area contributed by atoms with Crippen molar-refractivity contribution in [3.05, 3.63) is 87.8 Å². The maximum Gasteiger partial charge on any atom is 0.341 e. The van der Waals surface area contributed by atoms with Gasteiger partial charge in [-0.3, -0.25) is 0 Å². The second-order valence-electron chi connectivity index (χ2n) is 9.81. The number of hydrogen-bond donors (Lipinski definition) is 2. The van der Waals surface area contributed by atoms with E-state index in [4.69, 9.17) is 19.9 Å². The van der Waals surface area contributed by atoms with E-state index in [1.165, 1.54) is 11.3 Å². The Labute approximate surface area is 211 Å². The molecule has 0 radical (unpaired) electrons. The molecular weight excluding hydrogens is 460 g/mol. The lowest BCUT2D eigenvalue weighted by Gasteiger charge is -2.31. The van der Waals surface area contributed by atoms with E-state index in [0.29, 0.717) is 43.4 Å². The lowest BCUT2D eigenvalue weighted by atomic mass is 9.94. The molecule has 4 rings (SSSR count). The van der Waals surface area contributed by atoms with E-state index in [1.807, 2.05) is 81.4 Å². The lowest BCUT2D eigenvalue weighted by molar-refractivity contribution is 0.00686. The van der Waals surface area contributed by atoms with Crippen molar-refractivity contribution in [2.75, 3.05) is 18.9 Å². The Balaban J connectivity index is 1.50. The molecule has 0 saturated carbocycles. The average molecular weight is 495 g/mol. The molecule has 3 N–H and O–H groups in total. The molecule has 186 valence electrons. The highest BCUT2D eigenvalue weighted by Crippen LogP contribution is 2.40. The van der Waals surface area contributed by atoms with Crippen LogP contribution < -0.4 is 11.1 Å². The van der Waals surface area contributed by atoms with Gasteiger partial charge in [0, 0.05) is 10.9 Å². The zero-order valence-corrected chi connectivity index (χ0v) is 21.4. The summed E-state index contributed by atoms with van der Waals surface area (Å²) in [5.74, 6) is -0.373. The molecule has 7 heteroatoms. The molecule has 2 heterocycles. The van der Waals surface area contributed by atoms with Gasteiger partial charge in [-0.25, -0.2) is 4.79 Å². The van der Waals surface area contributed by atoms with Gasteiger partial charge in [0.1, 0.15) is 10.6 Å². The fourth-order valence-electron chi connectivity index (χ4n) is 4.20. The minimum Gasteiger partial charge on any atom is -0.456 e. The summed E-state index contributed by atoms with van der Waals surface area (Å²) >= 11 is 1.44. The van der Waals surface area contributed by atoms with Crippen molar-refractivity contribution in [3.8, 4) is 0 Å². The van der Waals surface area contributed by atoms with Crippen LogP contribution in [0.4, 0.5) is 5.00 Å². The van der Waals surface area contributed by atoms with Crippen molar-refractivity contribution in [3.63, 3.8) is 0 Å². The standard InChI is InChI=1S/C28H34N2O4S/c1-28(2,3)34-27(31)24-22-14-21(17-32-15-19-10-6-4-7-11-19)30-23(25(22)35-26(24)29)18-33-16-20-12-8-5-9-13-20/h4-13,21,23,30H,14-18,29H2,1-3H3/t21-,23-/m1/s1. The molecule has 6 nitrogen and oxygen atoms in total. The third kappa shape index (κ3) is 6.92. The fourth-order valence-corrected chi connectivity index (χ4v) is 5.33. The summed E-state index contributed by atoms with van der Waals surface area (Å²) in [6, 6.07) is 20.1. The fraction of sp³-hybridized carbons (Fsp3) is 0.393. The molecule has 0 unspecified atom stereocenters. The number of anilines is 1. The molecule has 0 bridgehead atoms. The normalized spacial score (nSPS) is 17.7. The number of nitrogen functional groups attached to an aromatic ring is 1. The highest BCUT2D eigenvalue weighted by Gasteiger charge is 2.35. The van der Waals surface area contributed by atoms with Gasteiger partial charge in [0.15, 0.2) is 0 Å². The van der Waals surface area contributed by atoms with E-state index in [1.54, 1.807) is 0 Å². The van der Waals surface area contributed by atoms with E-state index in [2.05, 4.69) is 5.32 Å². The minimum atomic E-state index is -0.596. The molecule has 1 aliphatic rings. The van der Waals surface area contributed by atoms with Gasteiger partial charge in [-0.15, -0.1) is 11.3 Å². The van der Waals surface area contributed by atoms with Gasteiger partial charge in [-0.05, 0) is 43.9 Å². The topological polar surface area (TPSA) is 82.8 Å². The second kappa shape index (κ2) is 11.4. The average Bonchev–Trinajstić information content (AvgIpc) is 3.15. The number of rotatable bonds is 9. The van der Waals surface area contributed by atoms with Crippen LogP contribution in [0.25, 0.3) is 0 Å². The molecule has 1 aromatic heterocycles. The van der Waals surface area contributed by atoms with Gasteiger partial charge in [0.05, 0.1) is 38.0 Å². The van der Waals surface area contributed by atoms with Crippen LogP contribution in [-0.2, 0) is 33.8 Å². The van der Waals surface area contributed by atoms with Gasteiger partial charge in [-0.2, -0.15) is 0 Å². The number of esters is 1. The van der Waals surface area contributed by atoms with Crippen LogP contribution in [0.1, 0.15) is 58.7 Å². The number of benzene rings is 2. The van der Waals surface area contributed by atoms with Gasteiger partial charge in [0.25, 0.3) is 0 Å². The highest BCUT2D eigenvalue weighted by atomic mass is 32.1. The first kappa shape index (κ1) is 25.4. The number of hydrogen-bond acceptors (Lipinski definition) is 7. The molecule has 2 atom stereocenters. The summed E-state index contributed by atoms with van der Waals surface area (Å²) in [7, 11) is 0. The third-order valence-corrected chi connectivity index (χ3v) is 6.87. The van der Waals surface area contributed by atoms with Crippen LogP contribution in [0.2, 0.25) is 0 Å². The van der Waals surface area contributed by atoms with Crippen molar-refractivity contribution in [2.24, 2.45) is 0 Å². The van der Waals surface area contributed by atoms with Gasteiger partial charge in [-0.1, -0.05) is 60.7 Å². The Morgan fingerprint density at radius 1 is 0.971 bits per heavy atom. The van der Waals surface area contributed by atoms with Crippen molar-refractivity contribution in [1.82, 2.24) is 5.32 Å². The smallest absolute Gasteiger partial charge is 0.341 e. The summed E-state index contributed by atoms with van der Waals surface area (Å²) < 4.78 is 17.8. The zero-order valence-electron chi connectivity index (χ0n) is 20.6. The molecule has 0 amide bonds. The van der Waals surface area contributed by atoms with E-state index in [-0.39, 0.29) is 18.1 Å². The molecule has 0 spiro atoms. The molecule has 1 aliphatic heterocycles. The number of nitrogens with one attached hydrogen (secondary N) is 1. The first-order chi connectivity index (χ1) is 16.8. The third-order valence-electron chi connectivity index (χ3n) is 5.70. The largest absolute Gasteiger partial charge is 0.456 e. The molecule has 3 aromatic rings. The Morgan fingerprint density at radius 2 is 1.54 bits per heavy atom. The summed E-state index contributed by atoms with van der Waals surface area (Å²) in [6.07, 6.45) is 0.640. The molecular formula is C28H34N2O4S.